The second-order valence-corrected chi connectivity index (χ2v) is 4.52. The van der Waals surface area contributed by atoms with E-state index in [9.17, 15) is 4.79 Å². The number of nitrogen functional groups attached to an aromatic ring is 1. The minimum absolute atomic E-state index is 0.0360. The van der Waals surface area contributed by atoms with E-state index in [1.54, 1.807) is 19.2 Å². The first kappa shape index (κ1) is 11.7. The lowest BCUT2D eigenvalue weighted by molar-refractivity contribution is 0.0993. The first-order valence-corrected chi connectivity index (χ1v) is 5.57. The Morgan fingerprint density at radius 3 is 2.36 bits per heavy atom. The third kappa shape index (κ3) is 2.56. The summed E-state index contributed by atoms with van der Waals surface area (Å²) in [5.74, 6) is 0.0360. The molecule has 0 saturated carbocycles. The van der Waals surface area contributed by atoms with Gasteiger partial charge in [-0.1, -0.05) is 0 Å². The second kappa shape index (κ2) is 4.91. The van der Waals surface area contributed by atoms with E-state index in [1.165, 1.54) is 0 Å². The molecule has 0 saturated heterocycles. The van der Waals surface area contributed by atoms with E-state index in [-0.39, 0.29) is 5.78 Å². The second-order valence-electron chi connectivity index (χ2n) is 2.81. The van der Waals surface area contributed by atoms with Gasteiger partial charge in [0.15, 0.2) is 5.78 Å². The number of halogens is 2. The molecule has 0 heterocycles. The predicted octanol–water partition coefficient (Wildman–Crippen LogP) is 2.20. The van der Waals surface area contributed by atoms with E-state index >= 15 is 0 Å². The minimum Gasteiger partial charge on any atom is -0.397 e. The number of hydrogen-bond acceptors (Lipinski definition) is 3. The topological polar surface area (TPSA) is 55.1 Å². The van der Waals surface area contributed by atoms with E-state index in [0.29, 0.717) is 17.8 Å². The fourth-order valence-electron chi connectivity index (χ4n) is 1.01. The number of anilines is 1. The lowest BCUT2D eigenvalue weighted by Crippen LogP contribution is -2.18. The Balaban J connectivity index is 3.06. The number of carbonyl (C=O) groups is 1. The highest BCUT2D eigenvalue weighted by molar-refractivity contribution is 9.11. The molecule has 0 bridgehead atoms. The largest absolute Gasteiger partial charge is 0.397 e. The van der Waals surface area contributed by atoms with Gasteiger partial charge in [-0.3, -0.25) is 4.79 Å². The Morgan fingerprint density at radius 1 is 1.43 bits per heavy atom. The van der Waals surface area contributed by atoms with Crippen LogP contribution >= 0.6 is 31.9 Å². The van der Waals surface area contributed by atoms with Crippen LogP contribution in [0.2, 0.25) is 0 Å². The molecule has 0 spiro atoms. The quantitative estimate of drug-likeness (QED) is 0.663. The molecule has 0 aliphatic rings. The van der Waals surface area contributed by atoms with Gasteiger partial charge in [0.2, 0.25) is 0 Å². The van der Waals surface area contributed by atoms with Gasteiger partial charge in [-0.05, 0) is 51.0 Å². The van der Waals surface area contributed by atoms with Crippen molar-refractivity contribution in [2.45, 2.75) is 0 Å². The van der Waals surface area contributed by atoms with Gasteiger partial charge in [-0.25, -0.2) is 0 Å². The number of nitrogens with one attached hydrogen (secondary N) is 1. The molecule has 0 aromatic heterocycles. The molecule has 1 aromatic rings. The number of Topliss-reactive ketones (excluding diaryl/α,β-unsaturated/α-hetero) is 1. The number of nitrogens with two attached hydrogens (primary N) is 1. The van der Waals surface area contributed by atoms with Crippen LogP contribution in [-0.2, 0) is 0 Å². The van der Waals surface area contributed by atoms with Crippen LogP contribution in [0.15, 0.2) is 21.1 Å². The minimum atomic E-state index is 0.0360. The van der Waals surface area contributed by atoms with Gasteiger partial charge >= 0.3 is 0 Å². The van der Waals surface area contributed by atoms with Crippen molar-refractivity contribution in [1.82, 2.24) is 5.32 Å². The number of likely N-dealkylation sites (N-methyl/N-ethyl adjacent to an activating group) is 1. The van der Waals surface area contributed by atoms with Crippen molar-refractivity contribution < 1.29 is 4.79 Å². The van der Waals surface area contributed by atoms with Crippen LogP contribution in [0, 0.1) is 0 Å². The highest BCUT2D eigenvalue weighted by atomic mass is 79.9. The third-order valence-corrected chi connectivity index (χ3v) is 3.05. The van der Waals surface area contributed by atoms with Gasteiger partial charge in [-0.2, -0.15) is 0 Å². The molecular formula is C9H10Br2N2O. The molecule has 76 valence electrons. The van der Waals surface area contributed by atoms with Gasteiger partial charge in [0.1, 0.15) is 0 Å². The fraction of sp³-hybridized carbons (Fsp3) is 0.222. The summed E-state index contributed by atoms with van der Waals surface area (Å²) < 4.78 is 1.46. The Morgan fingerprint density at radius 2 is 1.93 bits per heavy atom. The summed E-state index contributed by atoms with van der Waals surface area (Å²) in [5.41, 5.74) is 6.94. The van der Waals surface area contributed by atoms with Crippen LogP contribution in [0.5, 0.6) is 0 Å². The van der Waals surface area contributed by atoms with Crippen molar-refractivity contribution >= 4 is 43.3 Å². The lowest BCUT2D eigenvalue weighted by atomic mass is 10.1. The monoisotopic (exact) mass is 320 g/mol. The lowest BCUT2D eigenvalue weighted by Gasteiger charge is -2.05. The third-order valence-electron chi connectivity index (χ3n) is 1.74. The van der Waals surface area contributed by atoms with Crippen LogP contribution in [0.1, 0.15) is 10.4 Å². The molecule has 0 aliphatic heterocycles. The van der Waals surface area contributed by atoms with Gasteiger partial charge in [0, 0.05) is 14.5 Å². The van der Waals surface area contributed by atoms with E-state index in [2.05, 4.69) is 37.2 Å². The predicted molar refractivity (Wildman–Crippen MR) is 64.5 cm³/mol. The maximum atomic E-state index is 11.5. The van der Waals surface area contributed by atoms with E-state index in [4.69, 9.17) is 5.73 Å². The van der Waals surface area contributed by atoms with Crippen molar-refractivity contribution in [3.05, 3.63) is 26.6 Å². The Labute approximate surface area is 99.3 Å². The summed E-state index contributed by atoms with van der Waals surface area (Å²) in [4.78, 5) is 11.5. The summed E-state index contributed by atoms with van der Waals surface area (Å²) >= 11 is 6.58. The maximum absolute atomic E-state index is 11.5. The first-order chi connectivity index (χ1) is 6.56. The van der Waals surface area contributed by atoms with Crippen molar-refractivity contribution in [3.8, 4) is 0 Å². The molecule has 3 nitrogen and oxygen atoms in total. The van der Waals surface area contributed by atoms with Gasteiger partial charge in [0.25, 0.3) is 0 Å². The van der Waals surface area contributed by atoms with Crippen LogP contribution in [0.25, 0.3) is 0 Å². The Kier molecular flexibility index (Phi) is 4.10. The standard InChI is InChI=1S/C9H10Br2N2O/c1-13-4-8(14)5-2-6(10)9(12)7(11)3-5/h2-3,13H,4,12H2,1H3. The summed E-state index contributed by atoms with van der Waals surface area (Å²) in [6.07, 6.45) is 0. The summed E-state index contributed by atoms with van der Waals surface area (Å²) in [6.45, 7) is 0.322. The van der Waals surface area contributed by atoms with Crippen LogP contribution in [-0.4, -0.2) is 19.4 Å². The van der Waals surface area contributed by atoms with Crippen molar-refractivity contribution in [1.29, 1.82) is 0 Å². The number of rotatable bonds is 3. The zero-order valence-corrected chi connectivity index (χ0v) is 10.8. The average Bonchev–Trinajstić information content (AvgIpc) is 2.13. The molecule has 0 aliphatic carbocycles. The Hall–Kier alpha value is -0.390. The van der Waals surface area contributed by atoms with Crippen LogP contribution in [0.3, 0.4) is 0 Å². The summed E-state index contributed by atoms with van der Waals surface area (Å²) in [7, 11) is 1.74. The molecule has 0 atom stereocenters. The molecular weight excluding hydrogens is 312 g/mol. The summed E-state index contributed by atoms with van der Waals surface area (Å²) in [5, 5.41) is 2.81. The highest BCUT2D eigenvalue weighted by Gasteiger charge is 2.09. The fourth-order valence-corrected chi connectivity index (χ4v) is 2.19. The molecule has 5 heteroatoms. The average molecular weight is 322 g/mol. The molecule has 14 heavy (non-hydrogen) atoms. The number of ketones is 1. The highest BCUT2D eigenvalue weighted by Crippen LogP contribution is 2.29. The molecule has 0 fully saturated rings. The first-order valence-electron chi connectivity index (χ1n) is 3.98. The van der Waals surface area contributed by atoms with Crippen molar-refractivity contribution in [3.63, 3.8) is 0 Å². The molecule has 0 radical (unpaired) electrons. The number of hydrogen-bond donors (Lipinski definition) is 2. The van der Waals surface area contributed by atoms with Gasteiger partial charge in [-0.15, -0.1) is 0 Å². The van der Waals surface area contributed by atoms with Crippen molar-refractivity contribution in [2.24, 2.45) is 0 Å². The van der Waals surface area contributed by atoms with Crippen LogP contribution in [0.4, 0.5) is 5.69 Å². The summed E-state index contributed by atoms with van der Waals surface area (Å²) in [6, 6.07) is 3.44. The smallest absolute Gasteiger partial charge is 0.176 e. The normalized spacial score (nSPS) is 10.2. The van der Waals surface area contributed by atoms with E-state index < -0.39 is 0 Å². The molecule has 3 N–H and O–H groups in total. The number of carbonyl (C=O) groups excluding carboxylic acids is 1. The zero-order valence-electron chi connectivity index (χ0n) is 7.60. The van der Waals surface area contributed by atoms with Crippen LogP contribution < -0.4 is 11.1 Å². The number of benzene rings is 1. The van der Waals surface area contributed by atoms with Crippen molar-refractivity contribution in [2.75, 3.05) is 19.3 Å². The SMILES string of the molecule is CNCC(=O)c1cc(Br)c(N)c(Br)c1. The maximum Gasteiger partial charge on any atom is 0.176 e. The molecule has 1 rings (SSSR count). The van der Waals surface area contributed by atoms with E-state index in [0.717, 1.165) is 8.95 Å². The Bertz CT molecular complexity index is 343. The molecule has 0 unspecified atom stereocenters. The molecule has 0 amide bonds. The van der Waals surface area contributed by atoms with Gasteiger partial charge < -0.3 is 11.1 Å². The van der Waals surface area contributed by atoms with E-state index in [1.807, 2.05) is 0 Å². The molecule has 1 aromatic carbocycles. The van der Waals surface area contributed by atoms with Gasteiger partial charge in [0.05, 0.1) is 12.2 Å². The zero-order chi connectivity index (χ0) is 10.7.